The Kier molecular flexibility index (Phi) is 4.92. The number of rotatable bonds is 6. The van der Waals surface area contributed by atoms with Gasteiger partial charge in [-0.2, -0.15) is 5.26 Å². The van der Waals surface area contributed by atoms with E-state index in [9.17, 15) is 5.26 Å². The molecule has 3 aromatic rings. The smallest absolute Gasteiger partial charge is 0.138 e. The van der Waals surface area contributed by atoms with Crippen molar-refractivity contribution in [2.24, 2.45) is 0 Å². The third kappa shape index (κ3) is 3.37. The number of nitrogens with one attached hydrogen (secondary N) is 1. The van der Waals surface area contributed by atoms with Crippen LogP contribution in [-0.2, 0) is 0 Å². The third-order valence-electron chi connectivity index (χ3n) is 3.80. The van der Waals surface area contributed by atoms with E-state index in [1.54, 1.807) is 11.3 Å². The second kappa shape index (κ2) is 7.28. The zero-order valence-corrected chi connectivity index (χ0v) is 13.8. The normalized spacial score (nSPS) is 12.0. The molecule has 0 amide bonds. The molecular formula is C19H18N2OS. The van der Waals surface area contributed by atoms with Crippen LogP contribution < -0.4 is 10.1 Å². The number of hydrogen-bond donors (Lipinski definition) is 1. The summed E-state index contributed by atoms with van der Waals surface area (Å²) in [6, 6.07) is 18.2. The maximum Gasteiger partial charge on any atom is 0.138 e. The molecule has 3 nitrogen and oxygen atoms in total. The Hall–Kier alpha value is -2.35. The summed E-state index contributed by atoms with van der Waals surface area (Å²) in [6.07, 6.45) is 0.870. The van der Waals surface area contributed by atoms with E-state index in [2.05, 4.69) is 23.5 Å². The van der Waals surface area contributed by atoms with E-state index in [0.717, 1.165) is 34.4 Å². The molecule has 1 N–H and O–H groups in total. The summed E-state index contributed by atoms with van der Waals surface area (Å²) in [5.74, 6) is 0.846. The molecule has 0 aliphatic heterocycles. The van der Waals surface area contributed by atoms with E-state index in [1.165, 1.54) is 0 Å². The minimum atomic E-state index is -0.0121. The average molecular weight is 322 g/mol. The van der Waals surface area contributed by atoms with Crippen LogP contribution in [-0.4, -0.2) is 13.6 Å². The highest BCUT2D eigenvalue weighted by Crippen LogP contribution is 2.36. The molecular weight excluding hydrogens is 304 g/mol. The van der Waals surface area contributed by atoms with Crippen LogP contribution in [0.4, 0.5) is 0 Å². The Balaban J connectivity index is 1.94. The summed E-state index contributed by atoms with van der Waals surface area (Å²) in [4.78, 5) is 0. The quantitative estimate of drug-likeness (QED) is 0.726. The lowest BCUT2D eigenvalue weighted by Crippen LogP contribution is -2.16. The van der Waals surface area contributed by atoms with Crippen molar-refractivity contribution in [2.45, 2.75) is 12.5 Å². The number of benzene rings is 2. The minimum absolute atomic E-state index is 0.0121. The molecule has 23 heavy (non-hydrogen) atoms. The molecule has 0 aliphatic rings. The Morgan fingerprint density at radius 3 is 2.74 bits per heavy atom. The van der Waals surface area contributed by atoms with Gasteiger partial charge in [0.1, 0.15) is 11.9 Å². The molecule has 0 radical (unpaired) electrons. The van der Waals surface area contributed by atoms with Gasteiger partial charge in [-0.25, -0.2) is 0 Å². The van der Waals surface area contributed by atoms with Gasteiger partial charge < -0.3 is 10.1 Å². The molecule has 3 rings (SSSR count). The molecule has 1 heterocycles. The van der Waals surface area contributed by atoms with E-state index in [-0.39, 0.29) is 6.10 Å². The number of fused-ring (bicyclic) bond motifs is 1. The van der Waals surface area contributed by atoms with Crippen molar-refractivity contribution in [3.8, 4) is 11.8 Å². The molecule has 0 spiro atoms. The molecule has 0 aliphatic carbocycles. The van der Waals surface area contributed by atoms with Gasteiger partial charge in [-0.05, 0) is 42.7 Å². The first-order chi connectivity index (χ1) is 11.3. The van der Waals surface area contributed by atoms with Crippen LogP contribution in [0, 0.1) is 11.3 Å². The fourth-order valence-electron chi connectivity index (χ4n) is 2.62. The van der Waals surface area contributed by atoms with Gasteiger partial charge in [0, 0.05) is 11.8 Å². The summed E-state index contributed by atoms with van der Waals surface area (Å²) >= 11 is 1.61. The maximum atomic E-state index is 9.23. The summed E-state index contributed by atoms with van der Waals surface area (Å²) in [6.45, 7) is 0.878. The van der Waals surface area contributed by atoms with Gasteiger partial charge in [-0.3, -0.25) is 0 Å². The first kappa shape index (κ1) is 15.5. The Labute approximate surface area is 140 Å². The fourth-order valence-corrected chi connectivity index (χ4v) is 3.49. The van der Waals surface area contributed by atoms with Gasteiger partial charge in [0.05, 0.1) is 16.3 Å². The van der Waals surface area contributed by atoms with Crippen LogP contribution in [0.2, 0.25) is 0 Å². The Bertz CT molecular complexity index is 820. The van der Waals surface area contributed by atoms with E-state index in [4.69, 9.17) is 4.74 Å². The van der Waals surface area contributed by atoms with Crippen molar-refractivity contribution < 1.29 is 4.74 Å². The lowest BCUT2D eigenvalue weighted by molar-refractivity contribution is 0.198. The number of nitriles is 1. The van der Waals surface area contributed by atoms with Gasteiger partial charge in [0.25, 0.3) is 0 Å². The van der Waals surface area contributed by atoms with Gasteiger partial charge in [-0.15, -0.1) is 11.3 Å². The van der Waals surface area contributed by atoms with Gasteiger partial charge >= 0.3 is 0 Å². The van der Waals surface area contributed by atoms with Crippen molar-refractivity contribution >= 4 is 21.4 Å². The van der Waals surface area contributed by atoms with Crippen molar-refractivity contribution in [3.63, 3.8) is 0 Å². The monoisotopic (exact) mass is 322 g/mol. The molecule has 4 heteroatoms. The SMILES string of the molecule is CNCCC(Oc1ccc(C#N)c2ccsc12)c1ccccc1. The summed E-state index contributed by atoms with van der Waals surface area (Å²) in [5.41, 5.74) is 1.86. The zero-order valence-electron chi connectivity index (χ0n) is 13.0. The Morgan fingerprint density at radius 2 is 2.00 bits per heavy atom. The minimum Gasteiger partial charge on any atom is -0.484 e. The van der Waals surface area contributed by atoms with Crippen molar-refractivity contribution in [1.29, 1.82) is 5.26 Å². The van der Waals surface area contributed by atoms with E-state index >= 15 is 0 Å². The first-order valence-corrected chi connectivity index (χ1v) is 8.48. The van der Waals surface area contributed by atoms with Gasteiger partial charge in [0.2, 0.25) is 0 Å². The van der Waals surface area contributed by atoms with E-state index in [0.29, 0.717) is 5.56 Å². The second-order valence-corrected chi connectivity index (χ2v) is 6.21. The fraction of sp³-hybridized carbons (Fsp3) is 0.211. The summed E-state index contributed by atoms with van der Waals surface area (Å²) < 4.78 is 7.37. The first-order valence-electron chi connectivity index (χ1n) is 7.60. The van der Waals surface area contributed by atoms with Crippen LogP contribution in [0.5, 0.6) is 5.75 Å². The van der Waals surface area contributed by atoms with Gasteiger partial charge in [-0.1, -0.05) is 30.3 Å². The molecule has 1 unspecified atom stereocenters. The predicted molar refractivity (Wildman–Crippen MR) is 94.9 cm³/mol. The van der Waals surface area contributed by atoms with Crippen LogP contribution in [0.15, 0.2) is 53.9 Å². The number of ether oxygens (including phenoxy) is 1. The van der Waals surface area contributed by atoms with Crippen LogP contribution in [0.25, 0.3) is 10.1 Å². The molecule has 0 saturated carbocycles. The lowest BCUT2D eigenvalue weighted by atomic mass is 10.1. The Morgan fingerprint density at radius 1 is 1.17 bits per heavy atom. The van der Waals surface area contributed by atoms with Crippen molar-refractivity contribution in [3.05, 3.63) is 65.0 Å². The molecule has 0 fully saturated rings. The standard InChI is InChI=1S/C19H18N2OS/c1-21-11-9-17(14-5-3-2-4-6-14)22-18-8-7-15(13-20)16-10-12-23-19(16)18/h2-8,10,12,17,21H,9,11H2,1H3. The maximum absolute atomic E-state index is 9.23. The highest BCUT2D eigenvalue weighted by atomic mass is 32.1. The highest BCUT2D eigenvalue weighted by Gasteiger charge is 2.16. The molecule has 0 bridgehead atoms. The molecule has 1 aromatic heterocycles. The number of thiophene rings is 1. The van der Waals surface area contributed by atoms with E-state index < -0.39 is 0 Å². The van der Waals surface area contributed by atoms with Crippen LogP contribution in [0.3, 0.4) is 0 Å². The number of hydrogen-bond acceptors (Lipinski definition) is 4. The summed E-state index contributed by atoms with van der Waals surface area (Å²) in [7, 11) is 1.95. The summed E-state index contributed by atoms with van der Waals surface area (Å²) in [5, 5.41) is 15.4. The topological polar surface area (TPSA) is 45.0 Å². The predicted octanol–water partition coefficient (Wildman–Crippen LogP) is 4.50. The van der Waals surface area contributed by atoms with E-state index in [1.807, 2.05) is 48.8 Å². The molecule has 2 aromatic carbocycles. The van der Waals surface area contributed by atoms with Crippen molar-refractivity contribution in [1.82, 2.24) is 5.32 Å². The highest BCUT2D eigenvalue weighted by molar-refractivity contribution is 7.17. The largest absolute Gasteiger partial charge is 0.484 e. The van der Waals surface area contributed by atoms with Crippen molar-refractivity contribution in [2.75, 3.05) is 13.6 Å². The average Bonchev–Trinajstić information content (AvgIpc) is 3.09. The zero-order chi connectivity index (χ0) is 16.1. The second-order valence-electron chi connectivity index (χ2n) is 5.30. The molecule has 1 atom stereocenters. The number of nitrogens with zero attached hydrogens (tertiary/aromatic N) is 1. The lowest BCUT2D eigenvalue weighted by Gasteiger charge is -2.20. The third-order valence-corrected chi connectivity index (χ3v) is 4.73. The van der Waals surface area contributed by atoms with Crippen LogP contribution >= 0.6 is 11.3 Å². The van der Waals surface area contributed by atoms with Gasteiger partial charge in [0.15, 0.2) is 0 Å². The molecule has 116 valence electrons. The van der Waals surface area contributed by atoms with Crippen LogP contribution in [0.1, 0.15) is 23.7 Å². The molecule has 0 saturated heterocycles.